The molecule has 7 heteroatoms. The number of amides is 1. The van der Waals surface area contributed by atoms with Crippen LogP contribution in [0, 0.1) is 11.2 Å². The fourth-order valence-electron chi connectivity index (χ4n) is 3.94. The molecule has 1 aromatic rings. The van der Waals surface area contributed by atoms with Crippen molar-refractivity contribution >= 4 is 17.5 Å². The molecule has 2 aliphatic rings. The van der Waals surface area contributed by atoms with Crippen molar-refractivity contribution in [2.24, 2.45) is 5.41 Å². The molecule has 2 aliphatic heterocycles. The van der Waals surface area contributed by atoms with Crippen LogP contribution in [0.25, 0.3) is 0 Å². The van der Waals surface area contributed by atoms with Crippen LogP contribution in [0.2, 0.25) is 5.02 Å². The monoisotopic (exact) mass is 383 g/mol. The van der Waals surface area contributed by atoms with E-state index in [1.807, 2.05) is 4.90 Å². The number of carbonyl (C=O) groups is 1. The van der Waals surface area contributed by atoms with Gasteiger partial charge in [-0.25, -0.2) is 4.39 Å². The lowest BCUT2D eigenvalue weighted by molar-refractivity contribution is -0.149. The van der Waals surface area contributed by atoms with E-state index < -0.39 is 0 Å². The molecule has 1 N–H and O–H groups in total. The summed E-state index contributed by atoms with van der Waals surface area (Å²) in [6, 6.07) is 4.52. The average Bonchev–Trinajstić information content (AvgIpc) is 2.65. The highest BCUT2D eigenvalue weighted by atomic mass is 35.5. The van der Waals surface area contributed by atoms with E-state index in [4.69, 9.17) is 16.3 Å². The van der Waals surface area contributed by atoms with E-state index in [-0.39, 0.29) is 17.1 Å². The van der Waals surface area contributed by atoms with Crippen molar-refractivity contribution in [3.63, 3.8) is 0 Å². The summed E-state index contributed by atoms with van der Waals surface area (Å²) in [5.74, 6) is -0.0973. The molecule has 0 radical (unpaired) electrons. The van der Waals surface area contributed by atoms with Crippen molar-refractivity contribution in [3.8, 4) is 0 Å². The van der Waals surface area contributed by atoms with Gasteiger partial charge in [-0.2, -0.15) is 0 Å². The number of nitrogens with zero attached hydrogens (tertiary/aromatic N) is 2. The van der Waals surface area contributed by atoms with Crippen molar-refractivity contribution in [3.05, 3.63) is 34.6 Å². The van der Waals surface area contributed by atoms with Crippen LogP contribution in [-0.4, -0.2) is 68.7 Å². The molecule has 0 aliphatic carbocycles. The number of nitrogens with one attached hydrogen (secondary N) is 1. The second-order valence-corrected chi connectivity index (χ2v) is 7.67. The van der Waals surface area contributed by atoms with Gasteiger partial charge in [-0.15, -0.1) is 0 Å². The molecule has 5 nitrogen and oxygen atoms in total. The van der Waals surface area contributed by atoms with E-state index in [1.165, 1.54) is 12.1 Å². The lowest BCUT2D eigenvalue weighted by Gasteiger charge is -2.42. The molecule has 0 atom stereocenters. The maximum absolute atomic E-state index is 13.2. The Morgan fingerprint density at radius 3 is 2.58 bits per heavy atom. The molecule has 1 amide bonds. The first-order chi connectivity index (χ1) is 12.5. The Labute approximate surface area is 159 Å². The van der Waals surface area contributed by atoms with E-state index in [0.29, 0.717) is 31.3 Å². The molecule has 0 bridgehead atoms. The van der Waals surface area contributed by atoms with Crippen LogP contribution in [0.4, 0.5) is 4.39 Å². The van der Waals surface area contributed by atoms with Crippen LogP contribution in [0.5, 0.6) is 0 Å². The summed E-state index contributed by atoms with van der Waals surface area (Å²) in [6.07, 6.45) is 1.65. The van der Waals surface area contributed by atoms with Gasteiger partial charge < -0.3 is 15.0 Å². The lowest BCUT2D eigenvalue weighted by atomic mass is 9.78. The van der Waals surface area contributed by atoms with E-state index in [9.17, 15) is 9.18 Å². The fourth-order valence-corrected chi connectivity index (χ4v) is 4.16. The zero-order chi connectivity index (χ0) is 18.6. The van der Waals surface area contributed by atoms with Crippen molar-refractivity contribution < 1.29 is 13.9 Å². The topological polar surface area (TPSA) is 44.8 Å². The molecule has 2 saturated heterocycles. The second-order valence-electron chi connectivity index (χ2n) is 7.27. The van der Waals surface area contributed by atoms with E-state index in [2.05, 4.69) is 10.2 Å². The first kappa shape index (κ1) is 19.5. The number of carbonyl (C=O) groups excluding carboxylic acids is 1. The predicted molar refractivity (Wildman–Crippen MR) is 99.7 cm³/mol. The van der Waals surface area contributed by atoms with Crippen LogP contribution in [0.3, 0.4) is 0 Å². The maximum atomic E-state index is 13.2. The summed E-state index contributed by atoms with van der Waals surface area (Å²) >= 11 is 6.13. The van der Waals surface area contributed by atoms with E-state index >= 15 is 0 Å². The number of ether oxygens (including phenoxy) is 1. The number of benzene rings is 1. The quantitative estimate of drug-likeness (QED) is 0.846. The van der Waals surface area contributed by atoms with Gasteiger partial charge in [0.1, 0.15) is 5.82 Å². The minimum Gasteiger partial charge on any atom is -0.384 e. The highest BCUT2D eigenvalue weighted by Gasteiger charge is 2.42. The van der Waals surface area contributed by atoms with Gasteiger partial charge in [0, 0.05) is 44.9 Å². The Hall–Kier alpha value is -1.21. The molecule has 144 valence electrons. The Bertz CT molecular complexity index is 624. The highest BCUT2D eigenvalue weighted by molar-refractivity contribution is 6.31. The zero-order valence-corrected chi connectivity index (χ0v) is 16.0. The molecule has 0 unspecified atom stereocenters. The van der Waals surface area contributed by atoms with Gasteiger partial charge in [0.15, 0.2) is 0 Å². The van der Waals surface area contributed by atoms with Gasteiger partial charge in [-0.3, -0.25) is 9.69 Å². The summed E-state index contributed by atoms with van der Waals surface area (Å²) in [5, 5.41) is 3.78. The van der Waals surface area contributed by atoms with Crippen molar-refractivity contribution in [1.82, 2.24) is 15.1 Å². The highest BCUT2D eigenvalue weighted by Crippen LogP contribution is 2.32. The van der Waals surface area contributed by atoms with Crippen LogP contribution in [0.1, 0.15) is 18.4 Å². The largest absolute Gasteiger partial charge is 0.384 e. The first-order valence-corrected chi connectivity index (χ1v) is 9.57. The number of hydrogen-bond donors (Lipinski definition) is 1. The molecule has 0 saturated carbocycles. The van der Waals surface area contributed by atoms with Gasteiger partial charge >= 0.3 is 0 Å². The van der Waals surface area contributed by atoms with Crippen molar-refractivity contribution in [1.29, 1.82) is 0 Å². The zero-order valence-electron chi connectivity index (χ0n) is 15.3. The summed E-state index contributed by atoms with van der Waals surface area (Å²) in [7, 11) is 1.67. The third-order valence-corrected chi connectivity index (χ3v) is 5.86. The lowest BCUT2D eigenvalue weighted by Crippen LogP contribution is -2.56. The summed E-state index contributed by atoms with van der Waals surface area (Å²) in [4.78, 5) is 17.4. The molecule has 2 heterocycles. The average molecular weight is 384 g/mol. The maximum Gasteiger partial charge on any atom is 0.231 e. The molecule has 1 aromatic carbocycles. The molecular weight excluding hydrogens is 357 g/mol. The van der Waals surface area contributed by atoms with Crippen molar-refractivity contribution in [2.45, 2.75) is 19.4 Å². The summed E-state index contributed by atoms with van der Waals surface area (Å²) < 4.78 is 18.6. The number of rotatable bonds is 5. The third-order valence-electron chi connectivity index (χ3n) is 5.50. The number of hydrogen-bond acceptors (Lipinski definition) is 4. The molecular formula is C19H27ClFN3O2. The van der Waals surface area contributed by atoms with Gasteiger partial charge in [-0.1, -0.05) is 17.7 Å². The Balaban J connectivity index is 1.58. The number of piperazine rings is 1. The Morgan fingerprint density at radius 1 is 1.27 bits per heavy atom. The Morgan fingerprint density at radius 2 is 1.96 bits per heavy atom. The minimum atomic E-state index is -0.386. The number of piperidine rings is 1. The predicted octanol–water partition coefficient (Wildman–Crippen LogP) is 2.14. The van der Waals surface area contributed by atoms with E-state index in [0.717, 1.165) is 44.6 Å². The molecule has 3 rings (SSSR count). The molecule has 0 aromatic heterocycles. The summed E-state index contributed by atoms with van der Waals surface area (Å²) in [5.41, 5.74) is 0.532. The second kappa shape index (κ2) is 8.65. The van der Waals surface area contributed by atoms with Crippen LogP contribution < -0.4 is 5.32 Å². The van der Waals surface area contributed by atoms with Gasteiger partial charge in [0.2, 0.25) is 5.91 Å². The van der Waals surface area contributed by atoms with Gasteiger partial charge in [0.05, 0.1) is 12.0 Å². The van der Waals surface area contributed by atoms with Gasteiger partial charge in [-0.05, 0) is 43.6 Å². The Kier molecular flexibility index (Phi) is 6.51. The number of methoxy groups -OCH3 is 1. The smallest absolute Gasteiger partial charge is 0.231 e. The first-order valence-electron chi connectivity index (χ1n) is 9.19. The third kappa shape index (κ3) is 4.36. The SMILES string of the molecule is COCC1(C(=O)N2CCN(Cc3ccc(F)cc3Cl)CC2)CCNCC1. The standard InChI is InChI=1S/C19H27ClFN3O2/c1-26-14-19(4-6-22-7-5-19)18(25)24-10-8-23(9-11-24)13-15-2-3-16(21)12-17(15)20/h2-3,12,22H,4-11,13-14H2,1H3. The fraction of sp³-hybridized carbons (Fsp3) is 0.632. The normalized spacial score (nSPS) is 21.0. The van der Waals surface area contributed by atoms with Crippen LogP contribution in [0.15, 0.2) is 18.2 Å². The molecule has 26 heavy (non-hydrogen) atoms. The minimum absolute atomic E-state index is 0.223. The number of halogens is 2. The van der Waals surface area contributed by atoms with Crippen LogP contribution >= 0.6 is 11.6 Å². The van der Waals surface area contributed by atoms with Gasteiger partial charge in [0.25, 0.3) is 0 Å². The summed E-state index contributed by atoms with van der Waals surface area (Å²) in [6.45, 7) is 5.87. The molecule has 2 fully saturated rings. The van der Waals surface area contributed by atoms with Crippen LogP contribution in [-0.2, 0) is 16.1 Å². The van der Waals surface area contributed by atoms with E-state index in [1.54, 1.807) is 13.2 Å². The molecule has 0 spiro atoms. The van der Waals surface area contributed by atoms with Crippen molar-refractivity contribution in [2.75, 3.05) is 53.0 Å².